The van der Waals surface area contributed by atoms with Gasteiger partial charge in [0.05, 0.1) is 10.5 Å². The summed E-state index contributed by atoms with van der Waals surface area (Å²) in [6.45, 7) is 0. The van der Waals surface area contributed by atoms with Gasteiger partial charge in [-0.2, -0.15) is 0 Å². The molecule has 0 radical (unpaired) electrons. The average Bonchev–Trinajstić information content (AvgIpc) is 2.46. The maximum absolute atomic E-state index is 10.7. The fourth-order valence-electron chi connectivity index (χ4n) is 1.14. The Kier molecular flexibility index (Phi) is 1.70. The normalized spacial score (nSPS) is 10.5. The summed E-state index contributed by atoms with van der Waals surface area (Å²) in [6, 6.07) is 3.25. The number of imidazole rings is 1. The summed E-state index contributed by atoms with van der Waals surface area (Å²) >= 11 is 5.71. The number of carbonyl (C=O) groups is 1. The van der Waals surface area contributed by atoms with Crippen molar-refractivity contribution in [2.75, 3.05) is 0 Å². The Morgan fingerprint density at radius 2 is 2.31 bits per heavy atom. The third kappa shape index (κ3) is 1.25. The van der Waals surface area contributed by atoms with Gasteiger partial charge in [0.1, 0.15) is 6.33 Å². The van der Waals surface area contributed by atoms with E-state index in [0.717, 1.165) is 0 Å². The SMILES string of the molecule is O=C(O)c1ncn2cc(Cl)ccc12. The molecule has 2 heterocycles. The largest absolute Gasteiger partial charge is 0.476 e. The number of hydrogen-bond acceptors (Lipinski definition) is 2. The summed E-state index contributed by atoms with van der Waals surface area (Å²) in [5, 5.41) is 9.28. The average molecular weight is 197 g/mol. The molecule has 0 fully saturated rings. The first-order valence-corrected chi connectivity index (χ1v) is 3.92. The lowest BCUT2D eigenvalue weighted by Gasteiger charge is -1.94. The van der Waals surface area contributed by atoms with Crippen molar-refractivity contribution in [3.63, 3.8) is 0 Å². The second-order valence-electron chi connectivity index (χ2n) is 2.54. The molecule has 4 nitrogen and oxygen atoms in total. The molecule has 0 aliphatic carbocycles. The van der Waals surface area contributed by atoms with E-state index >= 15 is 0 Å². The highest BCUT2D eigenvalue weighted by molar-refractivity contribution is 6.30. The van der Waals surface area contributed by atoms with Gasteiger partial charge in [0.2, 0.25) is 0 Å². The zero-order chi connectivity index (χ0) is 9.42. The Morgan fingerprint density at radius 3 is 3.00 bits per heavy atom. The second-order valence-corrected chi connectivity index (χ2v) is 2.97. The number of carboxylic acids is 1. The van der Waals surface area contributed by atoms with Crippen LogP contribution in [0.1, 0.15) is 10.5 Å². The van der Waals surface area contributed by atoms with Crippen LogP contribution < -0.4 is 0 Å². The van der Waals surface area contributed by atoms with Crippen molar-refractivity contribution in [2.45, 2.75) is 0 Å². The first kappa shape index (κ1) is 8.07. The first-order chi connectivity index (χ1) is 6.18. The van der Waals surface area contributed by atoms with E-state index in [1.807, 2.05) is 0 Å². The van der Waals surface area contributed by atoms with Gasteiger partial charge >= 0.3 is 5.97 Å². The van der Waals surface area contributed by atoms with Crippen LogP contribution in [0, 0.1) is 0 Å². The van der Waals surface area contributed by atoms with Crippen LogP contribution in [0.15, 0.2) is 24.7 Å². The van der Waals surface area contributed by atoms with Crippen molar-refractivity contribution in [1.82, 2.24) is 9.38 Å². The summed E-state index contributed by atoms with van der Waals surface area (Å²) < 4.78 is 1.58. The number of halogens is 1. The molecular weight excluding hydrogens is 192 g/mol. The Hall–Kier alpha value is -1.55. The van der Waals surface area contributed by atoms with E-state index in [-0.39, 0.29) is 5.69 Å². The Bertz CT molecular complexity index is 478. The summed E-state index contributed by atoms with van der Waals surface area (Å²) in [4.78, 5) is 14.4. The first-order valence-electron chi connectivity index (χ1n) is 3.54. The van der Waals surface area contributed by atoms with E-state index in [4.69, 9.17) is 16.7 Å². The van der Waals surface area contributed by atoms with E-state index < -0.39 is 5.97 Å². The van der Waals surface area contributed by atoms with Crippen molar-refractivity contribution in [2.24, 2.45) is 0 Å². The number of fused-ring (bicyclic) bond motifs is 1. The lowest BCUT2D eigenvalue weighted by Crippen LogP contribution is -1.96. The topological polar surface area (TPSA) is 54.6 Å². The van der Waals surface area contributed by atoms with Gasteiger partial charge < -0.3 is 9.51 Å². The van der Waals surface area contributed by atoms with E-state index in [1.54, 1.807) is 22.7 Å². The molecule has 0 saturated carbocycles. The molecule has 0 saturated heterocycles. The molecule has 2 aromatic heterocycles. The van der Waals surface area contributed by atoms with Gasteiger partial charge in [0.15, 0.2) is 5.69 Å². The minimum absolute atomic E-state index is 0.0386. The van der Waals surface area contributed by atoms with Gasteiger partial charge in [-0.3, -0.25) is 0 Å². The summed E-state index contributed by atoms with van der Waals surface area (Å²) in [7, 11) is 0. The van der Waals surface area contributed by atoms with Gasteiger partial charge in [-0.25, -0.2) is 9.78 Å². The highest BCUT2D eigenvalue weighted by Crippen LogP contribution is 2.14. The summed E-state index contributed by atoms with van der Waals surface area (Å²) in [5.41, 5.74) is 0.577. The van der Waals surface area contributed by atoms with Crippen LogP contribution in [-0.4, -0.2) is 20.5 Å². The molecule has 2 rings (SSSR count). The van der Waals surface area contributed by atoms with E-state index in [2.05, 4.69) is 4.98 Å². The van der Waals surface area contributed by atoms with Gasteiger partial charge in [-0.15, -0.1) is 0 Å². The van der Waals surface area contributed by atoms with Crippen molar-refractivity contribution in [3.05, 3.63) is 35.4 Å². The minimum atomic E-state index is -1.04. The number of rotatable bonds is 1. The molecule has 0 atom stereocenters. The number of carboxylic acid groups (broad SMARTS) is 1. The van der Waals surface area contributed by atoms with Crippen LogP contribution >= 0.6 is 11.6 Å². The molecule has 0 aliphatic heterocycles. The van der Waals surface area contributed by atoms with Gasteiger partial charge in [0, 0.05) is 6.20 Å². The molecule has 0 aromatic carbocycles. The highest BCUT2D eigenvalue weighted by atomic mass is 35.5. The van der Waals surface area contributed by atoms with E-state index in [1.165, 1.54) is 6.33 Å². The zero-order valence-electron chi connectivity index (χ0n) is 6.44. The number of pyridine rings is 1. The Morgan fingerprint density at radius 1 is 1.54 bits per heavy atom. The molecule has 0 unspecified atom stereocenters. The smallest absolute Gasteiger partial charge is 0.356 e. The predicted octanol–water partition coefficient (Wildman–Crippen LogP) is 1.69. The molecule has 0 bridgehead atoms. The molecular formula is C8H5ClN2O2. The number of aromatic nitrogens is 2. The highest BCUT2D eigenvalue weighted by Gasteiger charge is 2.10. The van der Waals surface area contributed by atoms with Crippen LogP contribution in [0.3, 0.4) is 0 Å². The van der Waals surface area contributed by atoms with E-state index in [9.17, 15) is 4.79 Å². The van der Waals surface area contributed by atoms with Crippen LogP contribution in [0.2, 0.25) is 5.02 Å². The quantitative estimate of drug-likeness (QED) is 0.755. The standard InChI is InChI=1S/C8H5ClN2O2/c9-5-1-2-6-7(8(12)13)10-4-11(6)3-5/h1-4H,(H,12,13). The number of aromatic carboxylic acids is 1. The molecule has 0 amide bonds. The van der Waals surface area contributed by atoms with Crippen molar-refractivity contribution in [1.29, 1.82) is 0 Å². The van der Waals surface area contributed by atoms with Gasteiger partial charge in [0.25, 0.3) is 0 Å². The third-order valence-corrected chi connectivity index (χ3v) is 1.92. The molecule has 5 heteroatoms. The maximum Gasteiger partial charge on any atom is 0.356 e. The van der Waals surface area contributed by atoms with Crippen molar-refractivity contribution >= 4 is 23.1 Å². The molecule has 0 aliphatic rings. The van der Waals surface area contributed by atoms with Crippen LogP contribution in [0.4, 0.5) is 0 Å². The molecule has 1 N–H and O–H groups in total. The minimum Gasteiger partial charge on any atom is -0.476 e. The van der Waals surface area contributed by atoms with Crippen molar-refractivity contribution < 1.29 is 9.90 Å². The summed E-state index contributed by atoms with van der Waals surface area (Å²) in [5.74, 6) is -1.04. The lowest BCUT2D eigenvalue weighted by atomic mass is 10.3. The van der Waals surface area contributed by atoms with Crippen LogP contribution in [-0.2, 0) is 0 Å². The fourth-order valence-corrected chi connectivity index (χ4v) is 1.31. The Balaban J connectivity index is 2.76. The number of hydrogen-bond donors (Lipinski definition) is 1. The van der Waals surface area contributed by atoms with Crippen molar-refractivity contribution in [3.8, 4) is 0 Å². The summed E-state index contributed by atoms with van der Waals surface area (Å²) in [6.07, 6.45) is 3.03. The molecule has 0 spiro atoms. The fraction of sp³-hybridized carbons (Fsp3) is 0. The predicted molar refractivity (Wildman–Crippen MR) is 47.2 cm³/mol. The maximum atomic E-state index is 10.7. The Labute approximate surface area is 78.4 Å². The zero-order valence-corrected chi connectivity index (χ0v) is 7.19. The van der Waals surface area contributed by atoms with Gasteiger partial charge in [-0.05, 0) is 12.1 Å². The third-order valence-electron chi connectivity index (χ3n) is 1.70. The van der Waals surface area contributed by atoms with Crippen LogP contribution in [0.5, 0.6) is 0 Å². The lowest BCUT2D eigenvalue weighted by molar-refractivity contribution is 0.0693. The van der Waals surface area contributed by atoms with Gasteiger partial charge in [-0.1, -0.05) is 11.6 Å². The van der Waals surface area contributed by atoms with E-state index in [0.29, 0.717) is 10.5 Å². The molecule has 13 heavy (non-hydrogen) atoms. The monoisotopic (exact) mass is 196 g/mol. The molecule has 2 aromatic rings. The van der Waals surface area contributed by atoms with Crippen LogP contribution in [0.25, 0.3) is 5.52 Å². The second kappa shape index (κ2) is 2.74. The molecule has 66 valence electrons. The number of nitrogens with zero attached hydrogens (tertiary/aromatic N) is 2.